The van der Waals surface area contributed by atoms with Crippen molar-refractivity contribution in [2.45, 2.75) is 77.7 Å². The molecule has 0 radical (unpaired) electrons. The van der Waals surface area contributed by atoms with Crippen LogP contribution in [0.1, 0.15) is 50.2 Å². The number of likely N-dealkylation sites (N-methyl/N-ethyl adjacent to an activating group) is 1. The van der Waals surface area contributed by atoms with E-state index < -0.39 is 42.0 Å². The van der Waals surface area contributed by atoms with Gasteiger partial charge in [-0.15, -0.1) is 11.3 Å². The Kier molecular flexibility index (Phi) is 12.7. The van der Waals surface area contributed by atoms with E-state index in [-0.39, 0.29) is 18.9 Å². The van der Waals surface area contributed by atoms with Crippen molar-refractivity contribution >= 4 is 34.7 Å². The highest BCUT2D eigenvalue weighted by molar-refractivity contribution is 7.13. The lowest BCUT2D eigenvalue weighted by Gasteiger charge is -2.49. The largest absolute Gasteiger partial charge is 0.465 e. The van der Waals surface area contributed by atoms with E-state index >= 15 is 0 Å². The molecule has 3 aliphatic rings. The number of nitrogens with one attached hydrogen (secondary N) is 1. The summed E-state index contributed by atoms with van der Waals surface area (Å²) in [6.07, 6.45) is -1.05. The van der Waals surface area contributed by atoms with Gasteiger partial charge in [0, 0.05) is 76.8 Å². The molecule has 0 unspecified atom stereocenters. The van der Waals surface area contributed by atoms with Crippen molar-refractivity contribution in [3.63, 3.8) is 0 Å². The van der Waals surface area contributed by atoms with Gasteiger partial charge in [-0.05, 0) is 55.5 Å². The molecule has 5 heterocycles. The topological polar surface area (TPSA) is 158 Å². The van der Waals surface area contributed by atoms with E-state index in [1.165, 1.54) is 7.11 Å². The number of likely N-dealkylation sites (tertiary alicyclic amines) is 1. The molecule has 54 heavy (non-hydrogen) atoms. The van der Waals surface area contributed by atoms with Gasteiger partial charge in [0.05, 0.1) is 46.9 Å². The number of aromatic nitrogens is 2. The molecule has 3 fully saturated rings. The minimum absolute atomic E-state index is 0.151. The number of thiazole rings is 1. The molecule has 3 saturated heterocycles. The molecule has 1 amide bonds. The summed E-state index contributed by atoms with van der Waals surface area (Å²) in [7, 11) is 1.36. The number of ether oxygens (including phenoxy) is 1. The quantitative estimate of drug-likeness (QED) is 0.149. The Balaban J connectivity index is 1.02. The van der Waals surface area contributed by atoms with Gasteiger partial charge >= 0.3 is 5.97 Å². The van der Waals surface area contributed by atoms with Gasteiger partial charge in [-0.2, -0.15) is 0 Å². The fraction of sp³-hybridized carbons (Fsp3) is 0.590. The molecule has 0 aliphatic carbocycles. The Morgan fingerprint density at radius 1 is 1.04 bits per heavy atom. The molecule has 0 spiro atoms. The van der Waals surface area contributed by atoms with Gasteiger partial charge in [-0.3, -0.25) is 24.8 Å². The number of carbonyl (C=O) groups is 2. The summed E-state index contributed by atoms with van der Waals surface area (Å²) in [5.74, 6) is 0.270. The lowest BCUT2D eigenvalue weighted by Crippen LogP contribution is -2.64. The summed E-state index contributed by atoms with van der Waals surface area (Å²) in [6.45, 7) is 16.0. The summed E-state index contributed by atoms with van der Waals surface area (Å²) < 4.78 is 4.76. The molecule has 0 saturated carbocycles. The number of benzene rings is 1. The highest BCUT2D eigenvalue weighted by Gasteiger charge is 2.46. The third kappa shape index (κ3) is 8.95. The number of hydrogen-bond donors (Lipinski definition) is 4. The number of hydrogen-bond acceptors (Lipinski definition) is 14. The predicted molar refractivity (Wildman–Crippen MR) is 209 cm³/mol. The Morgan fingerprint density at radius 2 is 1.74 bits per heavy atom. The first kappa shape index (κ1) is 40.1. The van der Waals surface area contributed by atoms with Gasteiger partial charge in [0.25, 0.3) is 0 Å². The van der Waals surface area contributed by atoms with Crippen LogP contribution in [-0.2, 0) is 9.53 Å². The van der Waals surface area contributed by atoms with E-state index in [1.807, 2.05) is 70.5 Å². The monoisotopic (exact) mass is 764 g/mol. The maximum absolute atomic E-state index is 14.2. The van der Waals surface area contributed by atoms with Gasteiger partial charge in [-0.1, -0.05) is 32.9 Å². The lowest BCUT2D eigenvalue weighted by molar-refractivity contribution is -0.130. The fourth-order valence-corrected chi connectivity index (χ4v) is 8.68. The Hall–Kier alpha value is -3.54. The number of carbonyl (C=O) groups excluding carboxylic acids is 2. The zero-order chi connectivity index (χ0) is 38.7. The zero-order valence-electron chi connectivity index (χ0n) is 32.3. The van der Waals surface area contributed by atoms with Crippen LogP contribution < -0.4 is 15.1 Å². The number of rotatable bonds is 13. The Morgan fingerprint density at radius 3 is 2.31 bits per heavy atom. The second-order valence-electron chi connectivity index (χ2n) is 15.7. The number of pyridine rings is 1. The predicted octanol–water partition coefficient (Wildman–Crippen LogP) is 2.24. The highest BCUT2D eigenvalue weighted by atomic mass is 32.1. The number of esters is 1. The average molecular weight is 765 g/mol. The smallest absolute Gasteiger partial charge is 0.339 e. The van der Waals surface area contributed by atoms with Crippen LogP contribution in [0.5, 0.6) is 0 Å². The molecule has 3 aromatic rings. The van der Waals surface area contributed by atoms with Crippen LogP contribution in [0.3, 0.4) is 0 Å². The van der Waals surface area contributed by atoms with E-state index in [9.17, 15) is 24.9 Å². The van der Waals surface area contributed by atoms with Crippen LogP contribution >= 0.6 is 11.3 Å². The Labute approximate surface area is 322 Å². The van der Waals surface area contributed by atoms with Crippen LogP contribution in [0.25, 0.3) is 10.4 Å². The fourth-order valence-electron chi connectivity index (χ4n) is 7.87. The molecule has 3 aliphatic heterocycles. The first-order valence-corrected chi connectivity index (χ1v) is 19.8. The van der Waals surface area contributed by atoms with E-state index in [2.05, 4.69) is 30.0 Å². The molecule has 15 heteroatoms. The third-order valence-electron chi connectivity index (χ3n) is 11.0. The van der Waals surface area contributed by atoms with E-state index in [0.29, 0.717) is 24.7 Å². The normalized spacial score (nSPS) is 22.1. The van der Waals surface area contributed by atoms with Crippen molar-refractivity contribution < 1.29 is 29.6 Å². The van der Waals surface area contributed by atoms with E-state index in [4.69, 9.17) is 4.74 Å². The number of anilines is 2. The van der Waals surface area contributed by atoms with Crippen molar-refractivity contribution in [1.82, 2.24) is 30.0 Å². The van der Waals surface area contributed by atoms with Crippen LogP contribution in [0, 0.1) is 12.3 Å². The first-order chi connectivity index (χ1) is 25.8. The molecule has 2 aromatic heterocycles. The molecule has 1 aromatic carbocycles. The summed E-state index contributed by atoms with van der Waals surface area (Å²) >= 11 is 1.58. The van der Waals surface area contributed by atoms with E-state index in [0.717, 1.165) is 66.9 Å². The maximum Gasteiger partial charge on any atom is 0.339 e. The summed E-state index contributed by atoms with van der Waals surface area (Å²) in [5, 5.41) is 37.4. The molecular formula is C39H56N8O6S. The second-order valence-corrected chi connectivity index (χ2v) is 16.6. The number of aryl methyl sites for hydroxylation is 1. The molecule has 5 atom stereocenters. The van der Waals surface area contributed by atoms with Crippen molar-refractivity contribution in [2.75, 3.05) is 75.8 Å². The summed E-state index contributed by atoms with van der Waals surface area (Å²) in [4.78, 5) is 46.1. The lowest BCUT2D eigenvalue weighted by atomic mass is 9.84. The average Bonchev–Trinajstić information content (AvgIpc) is 3.75. The van der Waals surface area contributed by atoms with Crippen molar-refractivity contribution in [3.8, 4) is 10.4 Å². The molecule has 0 bridgehead atoms. The third-order valence-corrected chi connectivity index (χ3v) is 12.0. The zero-order valence-corrected chi connectivity index (χ0v) is 33.1. The van der Waals surface area contributed by atoms with Crippen LogP contribution in [0.15, 0.2) is 48.1 Å². The van der Waals surface area contributed by atoms with Crippen LogP contribution in [-0.4, -0.2) is 155 Å². The number of piperazine rings is 1. The molecule has 14 nitrogen and oxygen atoms in total. The van der Waals surface area contributed by atoms with Gasteiger partial charge < -0.3 is 29.9 Å². The number of aliphatic hydroxyl groups excluding tert-OH is 3. The highest BCUT2D eigenvalue weighted by Crippen LogP contribution is 2.33. The van der Waals surface area contributed by atoms with Crippen LogP contribution in [0.4, 0.5) is 11.5 Å². The van der Waals surface area contributed by atoms with Crippen molar-refractivity contribution in [2.24, 2.45) is 5.41 Å². The number of β-amino-alcohol motifs (C(OH)–C–C–N with tert-alkyl or cyclic N) is 2. The molecule has 4 N–H and O–H groups in total. The minimum atomic E-state index is -1.13. The summed E-state index contributed by atoms with van der Waals surface area (Å²) in [6, 6.07) is 10.6. The number of nitrogens with zero attached hydrogens (tertiary/aromatic N) is 7. The second kappa shape index (κ2) is 17.1. The number of aliphatic hydroxyl groups is 3. The van der Waals surface area contributed by atoms with Crippen molar-refractivity contribution in [3.05, 3.63) is 59.4 Å². The maximum atomic E-state index is 14.2. The van der Waals surface area contributed by atoms with Crippen LogP contribution in [0.2, 0.25) is 0 Å². The standard InChI is InChI=1S/C39H56N8O6S/c1-7-46(28-11-8-26(9-12-28)34-25(2)41-24-54-34)36(50)31-18-30(48)22-47(31)37(51)35(39(3,4)5)42-33(49)23-43-14-16-44(17-15-43)29-20-45(21-29)32-13-10-27(19-40-32)38(52)53-6/h8-13,19,24,29-31,33,35,37,42,48-49,51H,7,14-18,20-23H2,1-6H3/t30-,31+,33+,35-,37+/m1/s1. The van der Waals surface area contributed by atoms with Gasteiger partial charge in [0.15, 0.2) is 0 Å². The summed E-state index contributed by atoms with van der Waals surface area (Å²) in [5.41, 5.74) is 4.53. The van der Waals surface area contributed by atoms with Gasteiger partial charge in [0.2, 0.25) is 5.91 Å². The van der Waals surface area contributed by atoms with Gasteiger partial charge in [-0.25, -0.2) is 14.8 Å². The molecular weight excluding hydrogens is 709 g/mol. The molecule has 294 valence electrons. The van der Waals surface area contributed by atoms with E-state index in [1.54, 1.807) is 33.4 Å². The van der Waals surface area contributed by atoms with Gasteiger partial charge in [0.1, 0.15) is 18.3 Å². The number of methoxy groups -OCH3 is 1. The minimum Gasteiger partial charge on any atom is -0.465 e. The SMILES string of the molecule is CCN(C(=O)[C@@H]1C[C@@H](O)CN1[C@@H](O)[C@@H](N[C@@H](O)CN1CCN(C2CN(c3ccc(C(=O)OC)cn3)C2)CC1)C(C)(C)C)c1ccc(-c2scnc2C)cc1. The Bertz CT molecular complexity index is 1700. The first-order valence-electron chi connectivity index (χ1n) is 18.9. The van der Waals surface area contributed by atoms with Crippen molar-refractivity contribution in [1.29, 1.82) is 0 Å². The number of amides is 1. The molecule has 6 rings (SSSR count).